The molecule has 0 saturated carbocycles. The van der Waals surface area contributed by atoms with Gasteiger partial charge in [-0.05, 0) is 6.42 Å². The molecule has 0 amide bonds. The number of ether oxygens (including phenoxy) is 6. The van der Waals surface area contributed by atoms with Crippen molar-refractivity contribution >= 4 is 0 Å². The first-order valence-electron chi connectivity index (χ1n) is 11.0. The van der Waals surface area contributed by atoms with Gasteiger partial charge < -0.3 is 33.5 Å². The number of hydrogen-bond donors (Lipinski definition) is 1. The maximum atomic E-state index is 8.53. The molecule has 0 atom stereocenters. The minimum Gasteiger partial charge on any atom is -0.394 e. The van der Waals surface area contributed by atoms with Crippen LogP contribution in [0.15, 0.2) is 0 Å². The highest BCUT2D eigenvalue weighted by molar-refractivity contribution is 4.45. The Balaban J connectivity index is 2.96. The Hall–Kier alpha value is -0.280. The van der Waals surface area contributed by atoms with E-state index in [1.165, 1.54) is 38.5 Å². The van der Waals surface area contributed by atoms with E-state index in [1.54, 1.807) is 0 Å². The number of hydrogen-bond acceptors (Lipinski definition) is 7. The average Bonchev–Trinajstić information content (AvgIpc) is 2.71. The summed E-state index contributed by atoms with van der Waals surface area (Å²) in [6.07, 6.45) is 9.15. The summed E-state index contributed by atoms with van der Waals surface area (Å²) in [6.45, 7) is 9.09. The largest absolute Gasteiger partial charge is 0.394 e. The first-order chi connectivity index (χ1) is 13.9. The first kappa shape index (κ1) is 27.7. The summed E-state index contributed by atoms with van der Waals surface area (Å²) in [7, 11) is 0. The molecule has 0 aromatic carbocycles. The minimum atomic E-state index is 0.0429. The van der Waals surface area contributed by atoms with Crippen LogP contribution < -0.4 is 0 Å². The van der Waals surface area contributed by atoms with Gasteiger partial charge in [0.15, 0.2) is 0 Å². The van der Waals surface area contributed by atoms with Gasteiger partial charge in [-0.25, -0.2) is 0 Å². The van der Waals surface area contributed by atoms with E-state index in [2.05, 4.69) is 6.92 Å². The fourth-order valence-corrected chi connectivity index (χ4v) is 2.43. The van der Waals surface area contributed by atoms with E-state index in [1.807, 2.05) is 0 Å². The van der Waals surface area contributed by atoms with Gasteiger partial charge in [-0.15, -0.1) is 0 Å². The van der Waals surface area contributed by atoms with Crippen LogP contribution in [-0.4, -0.2) is 91.0 Å². The smallest absolute Gasteiger partial charge is 0.0701 e. The van der Waals surface area contributed by atoms with Crippen molar-refractivity contribution < 1.29 is 33.5 Å². The first-order valence-corrected chi connectivity index (χ1v) is 11.0. The third kappa shape index (κ3) is 25.7. The quantitative estimate of drug-likeness (QED) is 0.233. The summed E-state index contributed by atoms with van der Waals surface area (Å²) >= 11 is 0. The molecule has 7 nitrogen and oxygen atoms in total. The predicted molar refractivity (Wildman–Crippen MR) is 110 cm³/mol. The number of rotatable bonds is 25. The SMILES string of the molecule is CCCCCCCCCOCCOCCOCCOCCOCCOCCO. The molecule has 7 heteroatoms. The lowest BCUT2D eigenvalue weighted by molar-refractivity contribution is -0.0182. The fraction of sp³-hybridized carbons (Fsp3) is 1.00. The molecule has 0 unspecified atom stereocenters. The van der Waals surface area contributed by atoms with Crippen LogP contribution in [0.25, 0.3) is 0 Å². The molecule has 0 aliphatic heterocycles. The van der Waals surface area contributed by atoms with Gasteiger partial charge >= 0.3 is 0 Å². The highest BCUT2D eigenvalue weighted by Crippen LogP contribution is 2.06. The number of unbranched alkanes of at least 4 members (excludes halogenated alkanes) is 6. The van der Waals surface area contributed by atoms with E-state index in [-0.39, 0.29) is 6.61 Å². The zero-order valence-electron chi connectivity index (χ0n) is 18.0. The molecule has 0 aromatic heterocycles. The van der Waals surface area contributed by atoms with Crippen LogP contribution >= 0.6 is 0 Å². The molecule has 0 saturated heterocycles. The average molecular weight is 409 g/mol. The van der Waals surface area contributed by atoms with Crippen LogP contribution in [0.3, 0.4) is 0 Å². The van der Waals surface area contributed by atoms with Gasteiger partial charge in [0.2, 0.25) is 0 Å². The van der Waals surface area contributed by atoms with Gasteiger partial charge in [-0.2, -0.15) is 0 Å². The van der Waals surface area contributed by atoms with E-state index in [9.17, 15) is 0 Å². The lowest BCUT2D eigenvalue weighted by Crippen LogP contribution is -2.14. The monoisotopic (exact) mass is 408 g/mol. The van der Waals surface area contributed by atoms with Crippen LogP contribution in [-0.2, 0) is 28.4 Å². The molecule has 0 rings (SSSR count). The molecule has 0 bridgehead atoms. The Morgan fingerprint density at radius 3 is 1.11 bits per heavy atom. The highest BCUT2D eigenvalue weighted by atomic mass is 16.6. The van der Waals surface area contributed by atoms with Crippen LogP contribution in [0.4, 0.5) is 0 Å². The third-order valence-corrected chi connectivity index (χ3v) is 3.99. The maximum Gasteiger partial charge on any atom is 0.0701 e. The second-order valence-electron chi connectivity index (χ2n) is 6.52. The van der Waals surface area contributed by atoms with Gasteiger partial charge in [0.1, 0.15) is 0 Å². The lowest BCUT2D eigenvalue weighted by atomic mass is 10.1. The summed E-state index contributed by atoms with van der Waals surface area (Å²) < 4.78 is 32.2. The Kier molecular flexibility index (Phi) is 26.5. The topological polar surface area (TPSA) is 75.6 Å². The van der Waals surface area contributed by atoms with Crippen molar-refractivity contribution in [2.45, 2.75) is 51.9 Å². The predicted octanol–water partition coefficient (Wildman–Crippen LogP) is 2.83. The van der Waals surface area contributed by atoms with Crippen molar-refractivity contribution in [3.8, 4) is 0 Å². The molecule has 0 fully saturated rings. The van der Waals surface area contributed by atoms with Crippen molar-refractivity contribution in [3.63, 3.8) is 0 Å². The van der Waals surface area contributed by atoms with Gasteiger partial charge in [0.05, 0.1) is 79.3 Å². The Morgan fingerprint density at radius 1 is 0.393 bits per heavy atom. The van der Waals surface area contributed by atoms with Gasteiger partial charge in [-0.1, -0.05) is 45.4 Å². The Labute approximate surface area is 172 Å². The molecule has 0 aromatic rings. The van der Waals surface area contributed by atoms with E-state index >= 15 is 0 Å². The summed E-state index contributed by atoms with van der Waals surface area (Å²) in [5, 5.41) is 8.53. The summed E-state index contributed by atoms with van der Waals surface area (Å²) in [5.74, 6) is 0. The Morgan fingerprint density at radius 2 is 0.714 bits per heavy atom. The number of aliphatic hydroxyl groups excluding tert-OH is 1. The van der Waals surface area contributed by atoms with Crippen molar-refractivity contribution in [2.75, 3.05) is 85.9 Å². The molecule has 0 spiro atoms. The summed E-state index contributed by atoms with van der Waals surface area (Å²) in [6, 6.07) is 0. The molecule has 0 aliphatic rings. The minimum absolute atomic E-state index is 0.0429. The molecular weight excluding hydrogens is 364 g/mol. The fourth-order valence-electron chi connectivity index (χ4n) is 2.43. The lowest BCUT2D eigenvalue weighted by Gasteiger charge is -2.08. The van der Waals surface area contributed by atoms with Crippen molar-refractivity contribution in [1.82, 2.24) is 0 Å². The van der Waals surface area contributed by atoms with Crippen LogP contribution in [0.2, 0.25) is 0 Å². The maximum absolute atomic E-state index is 8.53. The zero-order valence-corrected chi connectivity index (χ0v) is 18.0. The van der Waals surface area contributed by atoms with Crippen molar-refractivity contribution in [3.05, 3.63) is 0 Å². The highest BCUT2D eigenvalue weighted by Gasteiger charge is 1.95. The van der Waals surface area contributed by atoms with Gasteiger partial charge in [-0.3, -0.25) is 0 Å². The molecule has 0 radical (unpaired) electrons. The van der Waals surface area contributed by atoms with Gasteiger partial charge in [0, 0.05) is 6.61 Å². The zero-order chi connectivity index (χ0) is 20.4. The van der Waals surface area contributed by atoms with E-state index < -0.39 is 0 Å². The van der Waals surface area contributed by atoms with E-state index in [4.69, 9.17) is 33.5 Å². The summed E-state index contributed by atoms with van der Waals surface area (Å²) in [5.41, 5.74) is 0. The molecule has 28 heavy (non-hydrogen) atoms. The standard InChI is InChI=1S/C21H44O7/c1-2-3-4-5-6-7-8-10-23-12-14-25-16-18-27-20-21-28-19-17-26-15-13-24-11-9-22/h22H,2-21H2,1H3. The van der Waals surface area contributed by atoms with E-state index in [0.29, 0.717) is 72.7 Å². The van der Waals surface area contributed by atoms with Crippen molar-refractivity contribution in [1.29, 1.82) is 0 Å². The normalized spacial score (nSPS) is 11.4. The summed E-state index contributed by atoms with van der Waals surface area (Å²) in [4.78, 5) is 0. The molecule has 1 N–H and O–H groups in total. The van der Waals surface area contributed by atoms with Crippen LogP contribution in [0, 0.1) is 0 Å². The molecule has 170 valence electrons. The van der Waals surface area contributed by atoms with Crippen molar-refractivity contribution in [2.24, 2.45) is 0 Å². The van der Waals surface area contributed by atoms with Crippen LogP contribution in [0.5, 0.6) is 0 Å². The van der Waals surface area contributed by atoms with Crippen LogP contribution in [0.1, 0.15) is 51.9 Å². The molecular formula is C21H44O7. The Bertz CT molecular complexity index is 241. The third-order valence-electron chi connectivity index (χ3n) is 3.99. The number of aliphatic hydroxyl groups is 1. The second kappa shape index (κ2) is 26.7. The molecule has 0 aliphatic carbocycles. The van der Waals surface area contributed by atoms with E-state index in [0.717, 1.165) is 13.0 Å². The van der Waals surface area contributed by atoms with Gasteiger partial charge in [0.25, 0.3) is 0 Å². The second-order valence-corrected chi connectivity index (χ2v) is 6.52. The molecule has 0 heterocycles.